The number of hydrogen-bond donors (Lipinski definition) is 2. The van der Waals surface area contributed by atoms with Gasteiger partial charge in [-0.05, 0) is 56.0 Å². The number of aliphatic hydroxyl groups is 1. The summed E-state index contributed by atoms with van der Waals surface area (Å²) in [7, 11) is 0. The molecule has 128 valence electrons. The second kappa shape index (κ2) is 6.79. The van der Waals surface area contributed by atoms with E-state index in [4.69, 9.17) is 0 Å². The van der Waals surface area contributed by atoms with Crippen molar-refractivity contribution in [3.8, 4) is 0 Å². The first-order valence-electron chi connectivity index (χ1n) is 8.23. The first-order valence-corrected chi connectivity index (χ1v) is 8.23. The Morgan fingerprint density at radius 3 is 2.83 bits per heavy atom. The molecule has 1 aromatic rings. The molecule has 3 unspecified atom stereocenters. The molecule has 0 radical (unpaired) electrons. The fourth-order valence-corrected chi connectivity index (χ4v) is 3.76. The van der Waals surface area contributed by atoms with Gasteiger partial charge in [0.25, 0.3) is 0 Å². The first kappa shape index (κ1) is 16.7. The number of alkyl halides is 3. The molecule has 0 amide bonds. The van der Waals surface area contributed by atoms with Gasteiger partial charge in [0.05, 0.1) is 11.7 Å². The van der Waals surface area contributed by atoms with E-state index < -0.39 is 17.8 Å². The van der Waals surface area contributed by atoms with E-state index >= 15 is 0 Å². The maximum Gasteiger partial charge on any atom is 0.416 e. The van der Waals surface area contributed by atoms with Crippen LogP contribution in [0, 0.1) is 5.92 Å². The number of likely N-dealkylation sites (tertiary alicyclic amines) is 1. The summed E-state index contributed by atoms with van der Waals surface area (Å²) in [6, 6.07) is 5.40. The predicted octanol–water partition coefficient (Wildman–Crippen LogP) is 2.81. The Labute approximate surface area is 134 Å². The Kier molecular flexibility index (Phi) is 4.94. The Morgan fingerprint density at radius 2 is 2.13 bits per heavy atom. The minimum Gasteiger partial charge on any atom is -0.392 e. The van der Waals surface area contributed by atoms with E-state index in [0.717, 1.165) is 38.5 Å². The lowest BCUT2D eigenvalue weighted by Gasteiger charge is -2.31. The zero-order chi connectivity index (χ0) is 16.4. The Morgan fingerprint density at radius 1 is 1.30 bits per heavy atom. The van der Waals surface area contributed by atoms with E-state index in [0.29, 0.717) is 24.4 Å². The van der Waals surface area contributed by atoms with Crippen molar-refractivity contribution in [3.05, 3.63) is 35.4 Å². The van der Waals surface area contributed by atoms with Crippen molar-refractivity contribution >= 4 is 0 Å². The summed E-state index contributed by atoms with van der Waals surface area (Å²) in [5.74, 6) is 0.502. The number of nitrogens with one attached hydrogen (secondary N) is 1. The summed E-state index contributed by atoms with van der Waals surface area (Å²) in [5.41, 5.74) is 0.0378. The van der Waals surface area contributed by atoms with Gasteiger partial charge in [0.15, 0.2) is 0 Å². The molecule has 0 aliphatic carbocycles. The van der Waals surface area contributed by atoms with Crippen LogP contribution in [0.5, 0.6) is 0 Å². The molecule has 1 aromatic carbocycles. The number of β-amino-alcohol motifs (C(OH)–C–C–N with tert-alkyl or cyclic N) is 1. The third-order valence-electron chi connectivity index (χ3n) is 4.87. The van der Waals surface area contributed by atoms with Crippen LogP contribution >= 0.6 is 0 Å². The molecule has 0 aromatic heterocycles. The minimum atomic E-state index is -4.33. The molecular weight excluding hydrogens is 305 g/mol. The van der Waals surface area contributed by atoms with Crippen molar-refractivity contribution in [1.29, 1.82) is 0 Å². The van der Waals surface area contributed by atoms with E-state index in [1.807, 2.05) is 0 Å². The summed E-state index contributed by atoms with van der Waals surface area (Å²) in [4.78, 5) is 2.15. The van der Waals surface area contributed by atoms with Gasteiger partial charge >= 0.3 is 6.18 Å². The molecule has 0 bridgehead atoms. The zero-order valence-electron chi connectivity index (χ0n) is 13.0. The molecule has 3 atom stereocenters. The molecule has 2 heterocycles. The summed E-state index contributed by atoms with van der Waals surface area (Å²) >= 11 is 0. The number of rotatable bonds is 3. The van der Waals surface area contributed by atoms with Crippen LogP contribution in [0.3, 0.4) is 0 Å². The third-order valence-corrected chi connectivity index (χ3v) is 4.87. The summed E-state index contributed by atoms with van der Waals surface area (Å²) < 4.78 is 38.8. The summed E-state index contributed by atoms with van der Waals surface area (Å²) in [6.07, 6.45) is -2.03. The van der Waals surface area contributed by atoms with Crippen LogP contribution < -0.4 is 5.32 Å². The fourth-order valence-electron chi connectivity index (χ4n) is 3.76. The Hall–Kier alpha value is -1.11. The van der Waals surface area contributed by atoms with Crippen molar-refractivity contribution in [1.82, 2.24) is 10.2 Å². The van der Waals surface area contributed by atoms with Gasteiger partial charge in [-0.3, -0.25) is 4.90 Å². The Bertz CT molecular complexity index is 529. The molecule has 0 saturated carbocycles. The number of piperidine rings is 1. The second-order valence-electron chi connectivity index (χ2n) is 6.69. The lowest BCUT2D eigenvalue weighted by Crippen LogP contribution is -2.38. The van der Waals surface area contributed by atoms with Crippen molar-refractivity contribution < 1.29 is 18.3 Å². The van der Waals surface area contributed by atoms with Crippen molar-refractivity contribution in [2.24, 2.45) is 5.92 Å². The van der Waals surface area contributed by atoms with Gasteiger partial charge in [-0.2, -0.15) is 13.2 Å². The van der Waals surface area contributed by atoms with E-state index in [1.54, 1.807) is 6.07 Å². The largest absolute Gasteiger partial charge is 0.416 e. The van der Waals surface area contributed by atoms with Crippen LogP contribution in [-0.2, 0) is 6.18 Å². The number of hydrogen-bond acceptors (Lipinski definition) is 3. The molecule has 2 N–H and O–H groups in total. The van der Waals surface area contributed by atoms with Gasteiger partial charge in [-0.1, -0.05) is 12.1 Å². The van der Waals surface area contributed by atoms with Crippen LogP contribution in [0.1, 0.15) is 36.4 Å². The van der Waals surface area contributed by atoms with Crippen LogP contribution in [0.15, 0.2) is 24.3 Å². The van der Waals surface area contributed by atoms with Crippen LogP contribution in [0.2, 0.25) is 0 Å². The van der Waals surface area contributed by atoms with Crippen molar-refractivity contribution in [2.75, 3.05) is 26.2 Å². The van der Waals surface area contributed by atoms with Gasteiger partial charge < -0.3 is 10.4 Å². The monoisotopic (exact) mass is 328 g/mol. The zero-order valence-corrected chi connectivity index (χ0v) is 13.0. The van der Waals surface area contributed by atoms with Crippen molar-refractivity contribution in [3.63, 3.8) is 0 Å². The molecular formula is C17H23F3N2O. The van der Waals surface area contributed by atoms with Crippen molar-refractivity contribution in [2.45, 2.75) is 37.6 Å². The highest BCUT2D eigenvalue weighted by atomic mass is 19.4. The average molecular weight is 328 g/mol. The van der Waals surface area contributed by atoms with Gasteiger partial charge in [-0.15, -0.1) is 0 Å². The van der Waals surface area contributed by atoms with Gasteiger partial charge in [0.1, 0.15) is 0 Å². The van der Waals surface area contributed by atoms with E-state index in [1.165, 1.54) is 12.1 Å². The highest BCUT2D eigenvalue weighted by Gasteiger charge is 2.36. The van der Waals surface area contributed by atoms with Crippen LogP contribution in [0.4, 0.5) is 13.2 Å². The van der Waals surface area contributed by atoms with E-state index in [-0.39, 0.29) is 6.04 Å². The molecule has 2 aliphatic heterocycles. The van der Waals surface area contributed by atoms with Crippen LogP contribution in [0.25, 0.3) is 0 Å². The third kappa shape index (κ3) is 4.05. The summed E-state index contributed by atoms with van der Waals surface area (Å²) in [6.45, 7) is 3.35. The molecule has 3 nitrogen and oxygen atoms in total. The number of nitrogens with zero attached hydrogens (tertiary/aromatic N) is 1. The maximum absolute atomic E-state index is 12.9. The lowest BCUT2D eigenvalue weighted by atomic mass is 9.97. The predicted molar refractivity (Wildman–Crippen MR) is 82.0 cm³/mol. The standard InChI is InChI=1S/C17H23F3N2O/c18-17(19,20)14-5-1-4-13(7-14)16-8-15(23)11-22(16)10-12-3-2-6-21-9-12/h1,4-5,7,12,15-16,21,23H,2-3,6,8-11H2. The Balaban J connectivity index is 1.76. The molecule has 2 aliphatic rings. The minimum absolute atomic E-state index is 0.130. The quantitative estimate of drug-likeness (QED) is 0.896. The molecule has 6 heteroatoms. The highest BCUT2D eigenvalue weighted by molar-refractivity contribution is 5.29. The van der Waals surface area contributed by atoms with Gasteiger partial charge in [0, 0.05) is 19.1 Å². The second-order valence-corrected chi connectivity index (χ2v) is 6.69. The topological polar surface area (TPSA) is 35.5 Å². The normalized spacial score (nSPS) is 29.8. The smallest absolute Gasteiger partial charge is 0.392 e. The summed E-state index contributed by atoms with van der Waals surface area (Å²) in [5, 5.41) is 13.4. The fraction of sp³-hybridized carbons (Fsp3) is 0.647. The SMILES string of the molecule is OC1CC(c2cccc(C(F)(F)F)c2)N(CC2CCCNC2)C1. The van der Waals surface area contributed by atoms with E-state index in [2.05, 4.69) is 10.2 Å². The average Bonchev–Trinajstić information content (AvgIpc) is 2.88. The maximum atomic E-state index is 12.9. The number of halogens is 3. The first-order chi connectivity index (χ1) is 10.9. The molecule has 0 spiro atoms. The van der Waals surface area contributed by atoms with Gasteiger partial charge in [-0.25, -0.2) is 0 Å². The number of benzene rings is 1. The number of aliphatic hydroxyl groups excluding tert-OH is 1. The molecule has 2 fully saturated rings. The molecule has 2 saturated heterocycles. The highest BCUT2D eigenvalue weighted by Crippen LogP contribution is 2.36. The lowest BCUT2D eigenvalue weighted by molar-refractivity contribution is -0.137. The van der Waals surface area contributed by atoms with E-state index in [9.17, 15) is 18.3 Å². The molecule has 3 rings (SSSR count). The van der Waals surface area contributed by atoms with Crippen LogP contribution in [-0.4, -0.2) is 42.3 Å². The molecule has 23 heavy (non-hydrogen) atoms. The van der Waals surface area contributed by atoms with Gasteiger partial charge in [0.2, 0.25) is 0 Å².